The van der Waals surface area contributed by atoms with E-state index in [9.17, 15) is 4.79 Å². The van der Waals surface area contributed by atoms with Gasteiger partial charge in [0.15, 0.2) is 0 Å². The molecule has 0 aliphatic heterocycles. The maximum absolute atomic E-state index is 11.0. The van der Waals surface area contributed by atoms with Gasteiger partial charge in [-0.25, -0.2) is 0 Å². The van der Waals surface area contributed by atoms with Crippen molar-refractivity contribution < 1.29 is 4.79 Å². The van der Waals surface area contributed by atoms with Gasteiger partial charge in [-0.15, -0.1) is 0 Å². The molecular formula is C11H25N3O. The fourth-order valence-corrected chi connectivity index (χ4v) is 2.28. The van der Waals surface area contributed by atoms with Crippen LogP contribution in [-0.2, 0) is 4.79 Å². The predicted octanol–water partition coefficient (Wildman–Crippen LogP) is 0.556. The Morgan fingerprint density at radius 3 is 2.07 bits per heavy atom. The molecule has 0 saturated heterocycles. The zero-order chi connectivity index (χ0) is 12.2. The van der Waals surface area contributed by atoms with E-state index in [1.54, 1.807) is 0 Å². The van der Waals surface area contributed by atoms with Crippen LogP contribution in [0.25, 0.3) is 0 Å². The monoisotopic (exact) mass is 215 g/mol. The first kappa shape index (κ1) is 14.4. The zero-order valence-corrected chi connectivity index (χ0v) is 10.6. The van der Waals surface area contributed by atoms with Crippen LogP contribution >= 0.6 is 0 Å². The lowest BCUT2D eigenvalue weighted by atomic mass is 9.82. The number of amides is 1. The molecule has 15 heavy (non-hydrogen) atoms. The molecule has 0 spiro atoms. The van der Waals surface area contributed by atoms with Crippen molar-refractivity contribution in [3.63, 3.8) is 0 Å². The summed E-state index contributed by atoms with van der Waals surface area (Å²) in [7, 11) is 0. The molecule has 4 N–H and O–H groups in total. The molecular weight excluding hydrogens is 190 g/mol. The highest BCUT2D eigenvalue weighted by atomic mass is 16.1. The second-order valence-corrected chi connectivity index (χ2v) is 5.20. The van der Waals surface area contributed by atoms with Crippen molar-refractivity contribution >= 4 is 5.91 Å². The van der Waals surface area contributed by atoms with Crippen molar-refractivity contribution in [1.82, 2.24) is 4.90 Å². The Hall–Kier alpha value is -0.610. The van der Waals surface area contributed by atoms with Crippen LogP contribution in [0.3, 0.4) is 0 Å². The minimum atomic E-state index is -0.299. The first-order valence-electron chi connectivity index (χ1n) is 5.48. The number of carbonyl (C=O) groups is 1. The Labute approximate surface area is 93.0 Å². The molecule has 2 unspecified atom stereocenters. The van der Waals surface area contributed by atoms with Crippen molar-refractivity contribution in [1.29, 1.82) is 0 Å². The average Bonchev–Trinajstić information content (AvgIpc) is 1.98. The van der Waals surface area contributed by atoms with E-state index >= 15 is 0 Å². The number of nitrogens with zero attached hydrogens (tertiary/aromatic N) is 1. The van der Waals surface area contributed by atoms with Crippen molar-refractivity contribution in [3.8, 4) is 0 Å². The third-order valence-electron chi connectivity index (χ3n) is 2.54. The van der Waals surface area contributed by atoms with E-state index in [1.165, 1.54) is 0 Å². The molecule has 0 aliphatic rings. The Morgan fingerprint density at radius 2 is 1.87 bits per heavy atom. The maximum atomic E-state index is 11.0. The number of hydrogen-bond donors (Lipinski definition) is 2. The lowest BCUT2D eigenvalue weighted by Crippen LogP contribution is -2.55. The van der Waals surface area contributed by atoms with Crippen LogP contribution in [0, 0.1) is 5.41 Å². The third kappa shape index (κ3) is 4.62. The standard InChI is InChI=1S/C11H25N3O/c1-6-14(7-9(13)15)10(8(2)12)11(3,4)5/h8,10H,6-7,12H2,1-5H3,(H2,13,15). The van der Waals surface area contributed by atoms with Gasteiger partial charge in [-0.3, -0.25) is 9.69 Å². The van der Waals surface area contributed by atoms with Gasteiger partial charge in [0.05, 0.1) is 6.54 Å². The summed E-state index contributed by atoms with van der Waals surface area (Å²) in [6.45, 7) is 11.4. The zero-order valence-electron chi connectivity index (χ0n) is 10.6. The minimum Gasteiger partial charge on any atom is -0.369 e. The third-order valence-corrected chi connectivity index (χ3v) is 2.54. The summed E-state index contributed by atoms with van der Waals surface area (Å²) < 4.78 is 0. The molecule has 4 nitrogen and oxygen atoms in total. The molecule has 0 saturated carbocycles. The number of nitrogens with two attached hydrogens (primary N) is 2. The smallest absolute Gasteiger partial charge is 0.231 e. The van der Waals surface area contributed by atoms with Gasteiger partial charge in [0, 0.05) is 12.1 Å². The van der Waals surface area contributed by atoms with Gasteiger partial charge < -0.3 is 11.5 Å². The molecule has 2 atom stereocenters. The molecule has 0 fully saturated rings. The molecule has 0 aromatic heterocycles. The van der Waals surface area contributed by atoms with E-state index in [0.29, 0.717) is 0 Å². The lowest BCUT2D eigenvalue weighted by molar-refractivity contribution is -0.120. The van der Waals surface area contributed by atoms with Crippen LogP contribution in [0.2, 0.25) is 0 Å². The van der Waals surface area contributed by atoms with Gasteiger partial charge in [-0.2, -0.15) is 0 Å². The SMILES string of the molecule is CCN(CC(N)=O)C(C(C)N)C(C)(C)C. The summed E-state index contributed by atoms with van der Waals surface area (Å²) in [5, 5.41) is 0. The molecule has 0 aromatic carbocycles. The first-order chi connectivity index (χ1) is 6.70. The second-order valence-electron chi connectivity index (χ2n) is 5.20. The topological polar surface area (TPSA) is 72.3 Å². The van der Waals surface area contributed by atoms with Gasteiger partial charge in [0.1, 0.15) is 0 Å². The average molecular weight is 215 g/mol. The molecule has 90 valence electrons. The van der Waals surface area contributed by atoms with Crippen molar-refractivity contribution in [2.45, 2.75) is 46.7 Å². The highest BCUT2D eigenvalue weighted by Crippen LogP contribution is 2.26. The molecule has 0 radical (unpaired) electrons. The summed E-state index contributed by atoms with van der Waals surface area (Å²) in [6.07, 6.45) is 0. The Balaban J connectivity index is 4.79. The van der Waals surface area contributed by atoms with E-state index < -0.39 is 0 Å². The molecule has 0 bridgehead atoms. The number of likely N-dealkylation sites (N-methyl/N-ethyl adjacent to an activating group) is 1. The van der Waals surface area contributed by atoms with E-state index in [4.69, 9.17) is 11.5 Å². The Morgan fingerprint density at radius 1 is 1.40 bits per heavy atom. The van der Waals surface area contributed by atoms with Crippen LogP contribution < -0.4 is 11.5 Å². The molecule has 1 amide bonds. The van der Waals surface area contributed by atoms with E-state index in [2.05, 4.69) is 20.8 Å². The normalized spacial score (nSPS) is 16.5. The molecule has 0 rings (SSSR count). The Kier molecular flexibility index (Phi) is 5.24. The van der Waals surface area contributed by atoms with Gasteiger partial charge in [0.25, 0.3) is 0 Å². The fourth-order valence-electron chi connectivity index (χ4n) is 2.28. The van der Waals surface area contributed by atoms with Gasteiger partial charge in [-0.1, -0.05) is 27.7 Å². The predicted molar refractivity (Wildman–Crippen MR) is 63.3 cm³/mol. The fraction of sp³-hybridized carbons (Fsp3) is 0.909. The largest absolute Gasteiger partial charge is 0.369 e. The van der Waals surface area contributed by atoms with Crippen LogP contribution in [0.15, 0.2) is 0 Å². The molecule has 0 aliphatic carbocycles. The first-order valence-corrected chi connectivity index (χ1v) is 5.48. The van der Waals surface area contributed by atoms with Gasteiger partial charge in [0.2, 0.25) is 5.91 Å². The summed E-state index contributed by atoms with van der Waals surface area (Å²) in [5.41, 5.74) is 11.3. The van der Waals surface area contributed by atoms with Crippen LogP contribution in [0.5, 0.6) is 0 Å². The quantitative estimate of drug-likeness (QED) is 0.703. The van der Waals surface area contributed by atoms with Crippen molar-refractivity contribution in [2.75, 3.05) is 13.1 Å². The van der Waals surface area contributed by atoms with Gasteiger partial charge in [-0.05, 0) is 18.9 Å². The maximum Gasteiger partial charge on any atom is 0.231 e. The highest BCUT2D eigenvalue weighted by Gasteiger charge is 2.32. The summed E-state index contributed by atoms with van der Waals surface area (Å²) in [6, 6.07) is 0.180. The van der Waals surface area contributed by atoms with E-state index in [0.717, 1.165) is 6.54 Å². The molecule has 0 aromatic rings. The minimum absolute atomic E-state index is 0.0179. The van der Waals surface area contributed by atoms with Gasteiger partial charge >= 0.3 is 0 Å². The second kappa shape index (κ2) is 5.47. The number of carbonyl (C=O) groups excluding carboxylic acids is 1. The summed E-state index contributed by atoms with van der Waals surface area (Å²) in [4.78, 5) is 13.0. The van der Waals surface area contributed by atoms with Crippen LogP contribution in [0.1, 0.15) is 34.6 Å². The highest BCUT2D eigenvalue weighted by molar-refractivity contribution is 5.76. The summed E-state index contributed by atoms with van der Waals surface area (Å²) in [5.74, 6) is -0.299. The number of hydrogen-bond acceptors (Lipinski definition) is 3. The van der Waals surface area contributed by atoms with E-state index in [-0.39, 0.29) is 30.0 Å². The lowest BCUT2D eigenvalue weighted by Gasteiger charge is -2.41. The van der Waals surface area contributed by atoms with E-state index in [1.807, 2.05) is 18.7 Å². The number of primary amides is 1. The molecule has 4 heteroatoms. The van der Waals surface area contributed by atoms with Crippen molar-refractivity contribution in [3.05, 3.63) is 0 Å². The summed E-state index contributed by atoms with van der Waals surface area (Å²) >= 11 is 0. The van der Waals surface area contributed by atoms with Crippen LogP contribution in [-0.4, -0.2) is 36.0 Å². The number of rotatable bonds is 5. The molecule has 0 heterocycles. The Bertz CT molecular complexity index is 208. The van der Waals surface area contributed by atoms with Crippen LogP contribution in [0.4, 0.5) is 0 Å². The van der Waals surface area contributed by atoms with Crippen molar-refractivity contribution in [2.24, 2.45) is 16.9 Å².